The van der Waals surface area contributed by atoms with Gasteiger partial charge in [-0.3, -0.25) is 4.98 Å². The zero-order valence-electron chi connectivity index (χ0n) is 10.7. The van der Waals surface area contributed by atoms with Crippen molar-refractivity contribution in [3.05, 3.63) is 65.3 Å². The van der Waals surface area contributed by atoms with Gasteiger partial charge in [-0.2, -0.15) is 0 Å². The first-order valence-corrected chi connectivity index (χ1v) is 6.66. The number of hydrogen-bond donors (Lipinski definition) is 1. The fourth-order valence-electron chi connectivity index (χ4n) is 2.12. The van der Waals surface area contributed by atoms with E-state index in [-0.39, 0.29) is 0 Å². The van der Waals surface area contributed by atoms with E-state index in [1.807, 2.05) is 42.5 Å². The van der Waals surface area contributed by atoms with Gasteiger partial charge in [0, 0.05) is 23.2 Å². The normalized spacial score (nSPS) is 10.7. The smallest absolute Gasteiger partial charge is 0.153 e. The first-order chi connectivity index (χ1) is 9.78. The summed E-state index contributed by atoms with van der Waals surface area (Å²) in [5, 5.41) is 1.65. The minimum absolute atomic E-state index is 0.472. The van der Waals surface area contributed by atoms with Gasteiger partial charge in [-0.05, 0) is 35.9 Å². The molecule has 3 nitrogen and oxygen atoms in total. The molecule has 0 saturated heterocycles. The Morgan fingerprint density at radius 2 is 2.00 bits per heavy atom. The van der Waals surface area contributed by atoms with Gasteiger partial charge in [0.25, 0.3) is 0 Å². The highest BCUT2D eigenvalue weighted by atomic mass is 35.5. The predicted octanol–water partition coefficient (Wildman–Crippen LogP) is 4.14. The lowest BCUT2D eigenvalue weighted by Crippen LogP contribution is -1.98. The number of hydrogen-bond acceptors (Lipinski definition) is 3. The summed E-state index contributed by atoms with van der Waals surface area (Å²) in [4.78, 5) is 4.39. The molecule has 1 aromatic heterocycles. The lowest BCUT2D eigenvalue weighted by molar-refractivity contribution is 0.487. The van der Waals surface area contributed by atoms with Crippen molar-refractivity contribution in [3.8, 4) is 11.5 Å². The fraction of sp³-hybridized carbons (Fsp3) is 0.0625. The third-order valence-corrected chi connectivity index (χ3v) is 3.30. The Balaban J connectivity index is 2.08. The highest BCUT2D eigenvalue weighted by molar-refractivity contribution is 6.30. The molecule has 0 aliphatic heterocycles. The molecule has 0 amide bonds. The van der Waals surface area contributed by atoms with Crippen LogP contribution in [0.1, 0.15) is 5.56 Å². The van der Waals surface area contributed by atoms with Crippen LogP contribution in [0.4, 0.5) is 0 Å². The maximum Gasteiger partial charge on any atom is 0.153 e. The Kier molecular flexibility index (Phi) is 3.54. The zero-order chi connectivity index (χ0) is 13.9. The van der Waals surface area contributed by atoms with Gasteiger partial charge < -0.3 is 10.5 Å². The van der Waals surface area contributed by atoms with E-state index in [4.69, 9.17) is 22.1 Å². The van der Waals surface area contributed by atoms with E-state index < -0.39 is 0 Å². The molecule has 0 fully saturated rings. The average molecular weight is 285 g/mol. The van der Waals surface area contributed by atoms with Crippen molar-refractivity contribution in [3.63, 3.8) is 0 Å². The maximum atomic E-state index is 5.96. The van der Waals surface area contributed by atoms with Crippen LogP contribution >= 0.6 is 11.6 Å². The molecule has 0 aliphatic rings. The van der Waals surface area contributed by atoms with Crippen LogP contribution in [0.25, 0.3) is 10.9 Å². The SMILES string of the molecule is NCc1ccc(Oc2cccc(Cl)c2)c2ncccc12. The molecule has 2 aromatic carbocycles. The molecule has 4 heteroatoms. The van der Waals surface area contributed by atoms with Crippen LogP contribution in [0.15, 0.2) is 54.7 Å². The molecule has 1 heterocycles. The number of halogens is 1. The summed E-state index contributed by atoms with van der Waals surface area (Å²) in [6.45, 7) is 0.472. The Morgan fingerprint density at radius 3 is 2.80 bits per heavy atom. The van der Waals surface area contributed by atoms with Gasteiger partial charge in [0.15, 0.2) is 5.75 Å². The predicted molar refractivity (Wildman–Crippen MR) is 81.2 cm³/mol. The zero-order valence-corrected chi connectivity index (χ0v) is 11.5. The van der Waals surface area contributed by atoms with Crippen LogP contribution in [-0.2, 0) is 6.54 Å². The van der Waals surface area contributed by atoms with Crippen molar-refractivity contribution in [2.24, 2.45) is 5.73 Å². The van der Waals surface area contributed by atoms with Crippen molar-refractivity contribution in [1.29, 1.82) is 0 Å². The summed E-state index contributed by atoms with van der Waals surface area (Å²) < 4.78 is 5.88. The van der Waals surface area contributed by atoms with Crippen molar-refractivity contribution in [2.75, 3.05) is 0 Å². The largest absolute Gasteiger partial charge is 0.455 e. The van der Waals surface area contributed by atoms with Crippen molar-refractivity contribution < 1.29 is 4.74 Å². The summed E-state index contributed by atoms with van der Waals surface area (Å²) in [7, 11) is 0. The van der Waals surface area contributed by atoms with Gasteiger partial charge in [-0.25, -0.2) is 0 Å². The number of nitrogens with zero attached hydrogens (tertiary/aromatic N) is 1. The first-order valence-electron chi connectivity index (χ1n) is 6.28. The quantitative estimate of drug-likeness (QED) is 0.786. The molecule has 3 aromatic rings. The Morgan fingerprint density at radius 1 is 1.10 bits per heavy atom. The van der Waals surface area contributed by atoms with E-state index >= 15 is 0 Å². The summed E-state index contributed by atoms with van der Waals surface area (Å²) in [6.07, 6.45) is 1.74. The fourth-order valence-corrected chi connectivity index (χ4v) is 2.30. The van der Waals surface area contributed by atoms with Crippen molar-refractivity contribution >= 4 is 22.5 Å². The second-order valence-electron chi connectivity index (χ2n) is 4.39. The van der Waals surface area contributed by atoms with Crippen LogP contribution in [0, 0.1) is 0 Å². The topological polar surface area (TPSA) is 48.1 Å². The van der Waals surface area contributed by atoms with Gasteiger partial charge in [0.2, 0.25) is 0 Å². The summed E-state index contributed by atoms with van der Waals surface area (Å²) in [5.41, 5.74) is 7.60. The monoisotopic (exact) mass is 284 g/mol. The van der Waals surface area contributed by atoms with E-state index in [0.29, 0.717) is 23.1 Å². The molecule has 0 aliphatic carbocycles. The van der Waals surface area contributed by atoms with Gasteiger partial charge in [0.05, 0.1) is 0 Å². The maximum absolute atomic E-state index is 5.96. The number of nitrogens with two attached hydrogens (primary N) is 1. The Bertz CT molecular complexity index is 758. The lowest BCUT2D eigenvalue weighted by Gasteiger charge is -2.10. The van der Waals surface area contributed by atoms with Crippen molar-refractivity contribution in [1.82, 2.24) is 4.98 Å². The minimum Gasteiger partial charge on any atom is -0.455 e. The van der Waals surface area contributed by atoms with E-state index in [1.54, 1.807) is 12.3 Å². The van der Waals surface area contributed by atoms with E-state index in [9.17, 15) is 0 Å². The summed E-state index contributed by atoms with van der Waals surface area (Å²) in [5.74, 6) is 1.38. The van der Waals surface area contributed by atoms with E-state index in [0.717, 1.165) is 16.5 Å². The molecule has 0 spiro atoms. The van der Waals surface area contributed by atoms with E-state index in [2.05, 4.69) is 4.98 Å². The van der Waals surface area contributed by atoms with Crippen LogP contribution in [0.2, 0.25) is 5.02 Å². The molecular formula is C16H13ClN2O. The third-order valence-electron chi connectivity index (χ3n) is 3.07. The van der Waals surface area contributed by atoms with Crippen LogP contribution < -0.4 is 10.5 Å². The van der Waals surface area contributed by atoms with Gasteiger partial charge in [0.1, 0.15) is 11.3 Å². The number of benzene rings is 2. The molecule has 3 rings (SSSR count). The van der Waals surface area contributed by atoms with Crippen LogP contribution in [0.5, 0.6) is 11.5 Å². The number of fused-ring (bicyclic) bond motifs is 1. The standard InChI is InChI=1S/C16H13ClN2O/c17-12-3-1-4-13(9-12)20-15-7-6-11(10-18)14-5-2-8-19-16(14)15/h1-9H,10,18H2. The van der Waals surface area contributed by atoms with Gasteiger partial charge in [-0.15, -0.1) is 0 Å². The van der Waals surface area contributed by atoms with E-state index in [1.165, 1.54) is 0 Å². The molecule has 0 bridgehead atoms. The van der Waals surface area contributed by atoms with Crippen molar-refractivity contribution in [2.45, 2.75) is 6.54 Å². The molecular weight excluding hydrogens is 272 g/mol. The molecule has 0 unspecified atom stereocenters. The Labute approximate surface area is 122 Å². The van der Waals surface area contributed by atoms with Crippen LogP contribution in [0.3, 0.4) is 0 Å². The highest BCUT2D eigenvalue weighted by Crippen LogP contribution is 2.31. The molecule has 2 N–H and O–H groups in total. The number of rotatable bonds is 3. The molecule has 0 radical (unpaired) electrons. The molecule has 0 atom stereocenters. The van der Waals surface area contributed by atoms with Gasteiger partial charge in [-0.1, -0.05) is 29.8 Å². The minimum atomic E-state index is 0.472. The number of ether oxygens (including phenoxy) is 1. The summed E-state index contributed by atoms with van der Waals surface area (Å²) >= 11 is 5.96. The molecule has 100 valence electrons. The Hall–Kier alpha value is -2.10. The van der Waals surface area contributed by atoms with Gasteiger partial charge >= 0.3 is 0 Å². The average Bonchev–Trinajstić information content (AvgIpc) is 2.48. The second-order valence-corrected chi connectivity index (χ2v) is 4.82. The lowest BCUT2D eigenvalue weighted by atomic mass is 10.1. The number of aromatic nitrogens is 1. The molecule has 0 saturated carbocycles. The third kappa shape index (κ3) is 2.46. The second kappa shape index (κ2) is 5.49. The van der Waals surface area contributed by atoms with Crippen LogP contribution in [-0.4, -0.2) is 4.98 Å². The number of pyridine rings is 1. The first kappa shape index (κ1) is 12.9. The molecule has 20 heavy (non-hydrogen) atoms. The summed E-state index contributed by atoms with van der Waals surface area (Å²) in [6, 6.07) is 15.0. The highest BCUT2D eigenvalue weighted by Gasteiger charge is 2.08.